The summed E-state index contributed by atoms with van der Waals surface area (Å²) in [4.78, 5) is 38.2. The number of aryl methyl sites for hydroxylation is 2. The maximum atomic E-state index is 13.1. The summed E-state index contributed by atoms with van der Waals surface area (Å²) < 4.78 is 0. The van der Waals surface area contributed by atoms with Gasteiger partial charge in [-0.25, -0.2) is 9.97 Å². The minimum absolute atomic E-state index is 0.0905. The van der Waals surface area contributed by atoms with Crippen molar-refractivity contribution in [2.45, 2.75) is 46.1 Å². The van der Waals surface area contributed by atoms with Crippen LogP contribution in [0.4, 0.5) is 0 Å². The van der Waals surface area contributed by atoms with Crippen LogP contribution in [0.2, 0.25) is 0 Å². The van der Waals surface area contributed by atoms with Crippen LogP contribution in [-0.4, -0.2) is 63.7 Å². The quantitative estimate of drug-likeness (QED) is 0.406. The molecule has 1 N–H and O–H groups in total. The van der Waals surface area contributed by atoms with Crippen LogP contribution in [-0.2, 0) is 9.59 Å². The highest BCUT2D eigenvalue weighted by molar-refractivity contribution is 6.46. The number of likely N-dealkylation sites (tertiary alicyclic amines) is 1. The SMILES string of the molecule is Cc1ncc(C(O)=C2C(=O)C(=O)N(CCCN(C)C)[C@@H]2c2ccc(C(C)C)cc2)c(C)n1. The second kappa shape index (κ2) is 9.61. The van der Waals surface area contributed by atoms with E-state index in [9.17, 15) is 14.7 Å². The number of benzene rings is 1. The fourth-order valence-electron chi connectivity index (χ4n) is 4.04. The Bertz CT molecular complexity index is 1040. The number of aliphatic hydroxyl groups is 1. The van der Waals surface area contributed by atoms with Crippen molar-refractivity contribution in [3.63, 3.8) is 0 Å². The first-order chi connectivity index (χ1) is 15.1. The molecule has 1 fully saturated rings. The molecule has 170 valence electrons. The van der Waals surface area contributed by atoms with Crippen LogP contribution >= 0.6 is 0 Å². The van der Waals surface area contributed by atoms with E-state index in [4.69, 9.17) is 0 Å². The molecule has 1 aliphatic heterocycles. The lowest BCUT2D eigenvalue weighted by atomic mass is 9.93. The van der Waals surface area contributed by atoms with Crippen molar-refractivity contribution in [3.05, 3.63) is 64.2 Å². The smallest absolute Gasteiger partial charge is 0.295 e. The summed E-state index contributed by atoms with van der Waals surface area (Å²) in [6, 6.07) is 7.26. The topological polar surface area (TPSA) is 86.6 Å². The molecule has 1 amide bonds. The van der Waals surface area contributed by atoms with Gasteiger partial charge in [-0.2, -0.15) is 0 Å². The third-order valence-electron chi connectivity index (χ3n) is 5.82. The maximum Gasteiger partial charge on any atom is 0.295 e. The van der Waals surface area contributed by atoms with E-state index in [0.717, 1.165) is 12.1 Å². The van der Waals surface area contributed by atoms with Crippen LogP contribution < -0.4 is 0 Å². The number of rotatable bonds is 7. The van der Waals surface area contributed by atoms with E-state index < -0.39 is 17.7 Å². The van der Waals surface area contributed by atoms with E-state index in [1.165, 1.54) is 11.8 Å². The zero-order valence-electron chi connectivity index (χ0n) is 19.7. The second-order valence-electron chi connectivity index (χ2n) is 8.89. The summed E-state index contributed by atoms with van der Waals surface area (Å²) in [5, 5.41) is 11.2. The zero-order valence-corrected chi connectivity index (χ0v) is 19.7. The molecule has 1 aromatic heterocycles. The van der Waals surface area contributed by atoms with Crippen molar-refractivity contribution in [2.75, 3.05) is 27.2 Å². The maximum absolute atomic E-state index is 13.1. The standard InChI is InChI=1S/C25H32N4O3/c1-15(2)18-8-10-19(11-9-18)22-21(23(30)20-14-26-17(4)27-16(20)3)24(31)25(32)29(22)13-7-12-28(5)6/h8-11,14-15,22,30H,7,12-13H2,1-6H3/t22-/m1/s1. The summed E-state index contributed by atoms with van der Waals surface area (Å²) in [5.41, 5.74) is 2.98. The third kappa shape index (κ3) is 4.72. The van der Waals surface area contributed by atoms with E-state index in [1.54, 1.807) is 18.7 Å². The molecule has 1 atom stereocenters. The van der Waals surface area contributed by atoms with Crippen molar-refractivity contribution in [2.24, 2.45) is 0 Å². The molecule has 7 nitrogen and oxygen atoms in total. The number of aromatic nitrogens is 2. The van der Waals surface area contributed by atoms with Gasteiger partial charge < -0.3 is 14.9 Å². The van der Waals surface area contributed by atoms with Gasteiger partial charge in [0.2, 0.25) is 0 Å². The Morgan fingerprint density at radius 1 is 1.16 bits per heavy atom. The third-order valence-corrected chi connectivity index (χ3v) is 5.82. The Kier molecular flexibility index (Phi) is 7.09. The minimum atomic E-state index is -0.676. The van der Waals surface area contributed by atoms with Crippen LogP contribution in [0, 0.1) is 13.8 Å². The van der Waals surface area contributed by atoms with Gasteiger partial charge in [0.15, 0.2) is 0 Å². The molecule has 2 aromatic rings. The van der Waals surface area contributed by atoms with Crippen LogP contribution in [0.25, 0.3) is 5.76 Å². The number of amides is 1. The largest absolute Gasteiger partial charge is 0.507 e. The molecule has 7 heteroatoms. The highest BCUT2D eigenvalue weighted by Crippen LogP contribution is 2.40. The zero-order chi connectivity index (χ0) is 23.6. The first-order valence-corrected chi connectivity index (χ1v) is 11.0. The van der Waals surface area contributed by atoms with Crippen LogP contribution in [0.5, 0.6) is 0 Å². The molecule has 0 aliphatic carbocycles. The molecule has 0 spiro atoms. The number of Topliss-reactive ketones (excluding diaryl/α,β-unsaturated/α-hetero) is 1. The molecule has 32 heavy (non-hydrogen) atoms. The lowest BCUT2D eigenvalue weighted by Gasteiger charge is -2.26. The first-order valence-electron chi connectivity index (χ1n) is 11.0. The van der Waals surface area contributed by atoms with Crippen LogP contribution in [0.1, 0.15) is 60.4 Å². The molecule has 0 saturated carbocycles. The van der Waals surface area contributed by atoms with Crippen LogP contribution in [0.3, 0.4) is 0 Å². The minimum Gasteiger partial charge on any atom is -0.507 e. The Labute approximate surface area is 189 Å². The van der Waals surface area contributed by atoms with Gasteiger partial charge in [0, 0.05) is 12.7 Å². The summed E-state index contributed by atoms with van der Waals surface area (Å²) in [6.07, 6.45) is 2.22. The number of ketones is 1. The fourth-order valence-corrected chi connectivity index (χ4v) is 4.04. The summed E-state index contributed by atoms with van der Waals surface area (Å²) >= 11 is 0. The van der Waals surface area contributed by atoms with E-state index in [1.807, 2.05) is 43.3 Å². The first kappa shape index (κ1) is 23.6. The van der Waals surface area contributed by atoms with Gasteiger partial charge in [0.1, 0.15) is 11.6 Å². The average molecular weight is 437 g/mol. The van der Waals surface area contributed by atoms with Gasteiger partial charge >= 0.3 is 0 Å². The Morgan fingerprint density at radius 3 is 2.38 bits per heavy atom. The van der Waals surface area contributed by atoms with Crippen molar-refractivity contribution >= 4 is 17.4 Å². The molecule has 0 unspecified atom stereocenters. The predicted molar refractivity (Wildman–Crippen MR) is 124 cm³/mol. The average Bonchev–Trinajstić information content (AvgIpc) is 2.98. The summed E-state index contributed by atoms with van der Waals surface area (Å²) in [6.45, 7) is 8.94. The number of carbonyl (C=O) groups is 2. The van der Waals surface area contributed by atoms with E-state index in [0.29, 0.717) is 36.0 Å². The molecule has 1 saturated heterocycles. The predicted octanol–water partition coefficient (Wildman–Crippen LogP) is 3.59. The number of aliphatic hydroxyl groups excluding tert-OH is 1. The Hall–Kier alpha value is -3.06. The fraction of sp³-hybridized carbons (Fsp3) is 0.440. The van der Waals surface area contributed by atoms with Gasteiger partial charge in [-0.3, -0.25) is 9.59 Å². The van der Waals surface area contributed by atoms with Gasteiger partial charge in [0.05, 0.1) is 22.9 Å². The molecule has 1 aliphatic rings. The monoisotopic (exact) mass is 436 g/mol. The van der Waals surface area contributed by atoms with Crippen molar-refractivity contribution in [1.82, 2.24) is 19.8 Å². The van der Waals surface area contributed by atoms with Crippen LogP contribution in [0.15, 0.2) is 36.0 Å². The van der Waals surface area contributed by atoms with E-state index in [-0.39, 0.29) is 11.3 Å². The lowest BCUT2D eigenvalue weighted by Crippen LogP contribution is -2.32. The molecule has 0 radical (unpaired) electrons. The second-order valence-corrected chi connectivity index (χ2v) is 8.89. The van der Waals surface area contributed by atoms with E-state index in [2.05, 4.69) is 23.8 Å². The van der Waals surface area contributed by atoms with Gasteiger partial charge in [-0.15, -0.1) is 0 Å². The Balaban J connectivity index is 2.12. The lowest BCUT2D eigenvalue weighted by molar-refractivity contribution is -0.139. The molecule has 3 rings (SSSR count). The highest BCUT2D eigenvalue weighted by Gasteiger charge is 2.46. The molecular weight excluding hydrogens is 404 g/mol. The summed E-state index contributed by atoms with van der Waals surface area (Å²) in [7, 11) is 3.94. The van der Waals surface area contributed by atoms with Gasteiger partial charge in [0.25, 0.3) is 11.7 Å². The molecule has 2 heterocycles. The van der Waals surface area contributed by atoms with Crippen molar-refractivity contribution < 1.29 is 14.7 Å². The number of hydrogen-bond acceptors (Lipinski definition) is 6. The van der Waals surface area contributed by atoms with Crippen molar-refractivity contribution in [3.8, 4) is 0 Å². The van der Waals surface area contributed by atoms with Gasteiger partial charge in [-0.1, -0.05) is 38.1 Å². The normalized spacial score (nSPS) is 18.2. The molecule has 0 bridgehead atoms. The molecular formula is C25H32N4O3. The number of carbonyl (C=O) groups excluding carboxylic acids is 2. The highest BCUT2D eigenvalue weighted by atomic mass is 16.3. The Morgan fingerprint density at radius 2 is 1.81 bits per heavy atom. The molecule has 1 aromatic carbocycles. The van der Waals surface area contributed by atoms with Crippen molar-refractivity contribution in [1.29, 1.82) is 0 Å². The number of hydrogen-bond donors (Lipinski definition) is 1. The summed E-state index contributed by atoms with van der Waals surface area (Å²) in [5.74, 6) is -0.556. The van der Waals surface area contributed by atoms with Gasteiger partial charge in [-0.05, 0) is 58.0 Å². The number of nitrogens with zero attached hydrogens (tertiary/aromatic N) is 4. The van der Waals surface area contributed by atoms with E-state index >= 15 is 0 Å².